The van der Waals surface area contributed by atoms with E-state index in [9.17, 15) is 0 Å². The number of nitrogens with zero attached hydrogens (tertiary/aromatic N) is 4. The fraction of sp³-hybridized carbons (Fsp3) is 0.944. The molecule has 0 amide bonds. The monoisotopic (exact) mass is 323 g/mol. The molecule has 23 heavy (non-hydrogen) atoms. The second kappa shape index (κ2) is 9.48. The van der Waals surface area contributed by atoms with Crippen molar-refractivity contribution < 1.29 is 0 Å². The van der Waals surface area contributed by atoms with Crippen LogP contribution in [0, 0.1) is 5.92 Å². The standard InChI is InChI=1S/C18H37N5/c1-5-19-18(20-13-16-9-7-11-21(3)14-16)22(4)15-17-10-8-12-23(17)6-2/h16-17H,5-15H2,1-4H3,(H,19,20). The molecule has 0 aliphatic carbocycles. The number of hydrogen-bond donors (Lipinski definition) is 1. The second-order valence-electron chi connectivity index (χ2n) is 7.27. The maximum absolute atomic E-state index is 4.95. The van der Waals surface area contributed by atoms with Gasteiger partial charge in [-0.1, -0.05) is 6.92 Å². The Morgan fingerprint density at radius 2 is 2.00 bits per heavy atom. The molecule has 0 spiro atoms. The lowest BCUT2D eigenvalue weighted by Gasteiger charge is -2.31. The van der Waals surface area contributed by atoms with E-state index in [4.69, 9.17) is 4.99 Å². The summed E-state index contributed by atoms with van der Waals surface area (Å²) in [6, 6.07) is 0.690. The summed E-state index contributed by atoms with van der Waals surface area (Å²) in [6.07, 6.45) is 5.30. The van der Waals surface area contributed by atoms with E-state index >= 15 is 0 Å². The molecule has 2 saturated heterocycles. The van der Waals surface area contributed by atoms with E-state index in [-0.39, 0.29) is 0 Å². The summed E-state index contributed by atoms with van der Waals surface area (Å²) >= 11 is 0. The third-order valence-electron chi connectivity index (χ3n) is 5.31. The van der Waals surface area contributed by atoms with E-state index in [1.807, 2.05) is 0 Å². The van der Waals surface area contributed by atoms with Gasteiger partial charge in [0.15, 0.2) is 5.96 Å². The molecule has 2 unspecified atom stereocenters. The molecule has 0 aromatic rings. The number of likely N-dealkylation sites (tertiary alicyclic amines) is 2. The van der Waals surface area contributed by atoms with Crippen molar-refractivity contribution in [3.63, 3.8) is 0 Å². The minimum Gasteiger partial charge on any atom is -0.357 e. The van der Waals surface area contributed by atoms with Crippen LogP contribution < -0.4 is 5.32 Å². The van der Waals surface area contributed by atoms with E-state index in [1.165, 1.54) is 51.9 Å². The summed E-state index contributed by atoms with van der Waals surface area (Å²) in [7, 11) is 4.42. The van der Waals surface area contributed by atoms with Gasteiger partial charge in [-0.3, -0.25) is 9.89 Å². The molecular weight excluding hydrogens is 286 g/mol. The van der Waals surface area contributed by atoms with Crippen LogP contribution in [0.3, 0.4) is 0 Å². The molecule has 2 aliphatic heterocycles. The summed E-state index contributed by atoms with van der Waals surface area (Å²) in [5.74, 6) is 1.80. The molecule has 5 nitrogen and oxygen atoms in total. The highest BCUT2D eigenvalue weighted by Gasteiger charge is 2.25. The van der Waals surface area contributed by atoms with Gasteiger partial charge in [-0.15, -0.1) is 0 Å². The van der Waals surface area contributed by atoms with E-state index in [2.05, 4.69) is 48.0 Å². The normalized spacial score (nSPS) is 27.4. The largest absolute Gasteiger partial charge is 0.357 e. The Hall–Kier alpha value is -0.810. The molecule has 2 heterocycles. The smallest absolute Gasteiger partial charge is 0.193 e. The van der Waals surface area contributed by atoms with Crippen molar-refractivity contribution in [2.24, 2.45) is 10.9 Å². The zero-order valence-electron chi connectivity index (χ0n) is 15.7. The van der Waals surface area contributed by atoms with E-state index in [0.717, 1.165) is 31.5 Å². The molecule has 2 atom stereocenters. The van der Waals surface area contributed by atoms with Crippen LogP contribution in [0.4, 0.5) is 0 Å². The van der Waals surface area contributed by atoms with Crippen molar-refractivity contribution in [3.8, 4) is 0 Å². The van der Waals surface area contributed by atoms with Crippen molar-refractivity contribution >= 4 is 5.96 Å². The van der Waals surface area contributed by atoms with Crippen LogP contribution in [0.25, 0.3) is 0 Å². The Kier molecular flexibility index (Phi) is 7.63. The third kappa shape index (κ3) is 5.64. The highest BCUT2D eigenvalue weighted by atomic mass is 15.3. The SMILES string of the molecule is CCNC(=NCC1CCCN(C)C1)N(C)CC1CCCN1CC. The zero-order chi connectivity index (χ0) is 16.7. The number of hydrogen-bond acceptors (Lipinski definition) is 3. The van der Waals surface area contributed by atoms with Gasteiger partial charge in [0, 0.05) is 39.3 Å². The Balaban J connectivity index is 1.89. The predicted octanol–water partition coefficient (Wildman–Crippen LogP) is 1.71. The average Bonchev–Trinajstić information content (AvgIpc) is 2.98. The molecule has 0 aromatic heterocycles. The molecule has 5 heteroatoms. The highest BCUT2D eigenvalue weighted by Crippen LogP contribution is 2.18. The van der Waals surface area contributed by atoms with Crippen LogP contribution >= 0.6 is 0 Å². The van der Waals surface area contributed by atoms with Gasteiger partial charge in [-0.2, -0.15) is 0 Å². The molecule has 0 bridgehead atoms. The van der Waals surface area contributed by atoms with Crippen LogP contribution in [0.5, 0.6) is 0 Å². The quantitative estimate of drug-likeness (QED) is 0.596. The van der Waals surface area contributed by atoms with E-state index < -0.39 is 0 Å². The highest BCUT2D eigenvalue weighted by molar-refractivity contribution is 5.79. The first-order chi connectivity index (χ1) is 11.1. The maximum atomic E-state index is 4.95. The fourth-order valence-corrected chi connectivity index (χ4v) is 4.03. The average molecular weight is 324 g/mol. The van der Waals surface area contributed by atoms with Gasteiger partial charge in [0.1, 0.15) is 0 Å². The Bertz CT molecular complexity index is 370. The Morgan fingerprint density at radius 1 is 1.22 bits per heavy atom. The van der Waals surface area contributed by atoms with Crippen LogP contribution in [0.2, 0.25) is 0 Å². The summed E-state index contributed by atoms with van der Waals surface area (Å²) < 4.78 is 0. The molecule has 2 fully saturated rings. The van der Waals surface area contributed by atoms with Gasteiger partial charge in [0.05, 0.1) is 0 Å². The Labute approximate surface area is 143 Å². The van der Waals surface area contributed by atoms with Gasteiger partial charge in [0.25, 0.3) is 0 Å². The van der Waals surface area contributed by atoms with Gasteiger partial charge in [-0.25, -0.2) is 0 Å². The number of nitrogens with one attached hydrogen (secondary N) is 1. The van der Waals surface area contributed by atoms with Crippen molar-refractivity contribution in [3.05, 3.63) is 0 Å². The fourth-order valence-electron chi connectivity index (χ4n) is 4.03. The first-order valence-corrected chi connectivity index (χ1v) is 9.56. The van der Waals surface area contributed by atoms with Crippen molar-refractivity contribution in [1.82, 2.24) is 20.0 Å². The molecular formula is C18H37N5. The number of guanidine groups is 1. The van der Waals surface area contributed by atoms with Crippen LogP contribution in [-0.4, -0.2) is 86.6 Å². The molecule has 0 aromatic carbocycles. The zero-order valence-corrected chi connectivity index (χ0v) is 15.7. The van der Waals surface area contributed by atoms with E-state index in [1.54, 1.807) is 0 Å². The summed E-state index contributed by atoms with van der Waals surface area (Å²) in [6.45, 7) is 12.3. The lowest BCUT2D eigenvalue weighted by molar-refractivity contribution is 0.213. The number of rotatable bonds is 6. The van der Waals surface area contributed by atoms with Gasteiger partial charge < -0.3 is 15.1 Å². The number of piperidine rings is 1. The summed E-state index contributed by atoms with van der Waals surface area (Å²) in [5, 5.41) is 3.48. The minimum atomic E-state index is 0.690. The van der Waals surface area contributed by atoms with Crippen molar-refractivity contribution in [2.75, 3.05) is 59.9 Å². The molecule has 1 N–H and O–H groups in total. The third-order valence-corrected chi connectivity index (χ3v) is 5.31. The van der Waals surface area contributed by atoms with Gasteiger partial charge >= 0.3 is 0 Å². The molecule has 2 aliphatic rings. The predicted molar refractivity (Wildman–Crippen MR) is 99.1 cm³/mol. The van der Waals surface area contributed by atoms with Crippen LogP contribution in [-0.2, 0) is 0 Å². The summed E-state index contributed by atoms with van der Waals surface area (Å²) in [4.78, 5) is 12.3. The molecule has 134 valence electrons. The minimum absolute atomic E-state index is 0.690. The van der Waals surface area contributed by atoms with E-state index in [0.29, 0.717) is 6.04 Å². The maximum Gasteiger partial charge on any atom is 0.193 e. The molecule has 0 saturated carbocycles. The number of aliphatic imine (C=N–C) groups is 1. The summed E-state index contributed by atoms with van der Waals surface area (Å²) in [5.41, 5.74) is 0. The van der Waals surface area contributed by atoms with Crippen molar-refractivity contribution in [2.45, 2.75) is 45.6 Å². The van der Waals surface area contributed by atoms with Crippen LogP contribution in [0.1, 0.15) is 39.5 Å². The van der Waals surface area contributed by atoms with Crippen molar-refractivity contribution in [1.29, 1.82) is 0 Å². The molecule has 2 rings (SSSR count). The second-order valence-corrected chi connectivity index (χ2v) is 7.27. The van der Waals surface area contributed by atoms with Crippen LogP contribution in [0.15, 0.2) is 4.99 Å². The first kappa shape index (κ1) is 18.5. The molecule has 0 radical (unpaired) electrons. The first-order valence-electron chi connectivity index (χ1n) is 9.56. The van der Waals surface area contributed by atoms with Gasteiger partial charge in [-0.05, 0) is 65.2 Å². The number of likely N-dealkylation sites (N-methyl/N-ethyl adjacent to an activating group) is 2. The lowest BCUT2D eigenvalue weighted by atomic mass is 9.99. The topological polar surface area (TPSA) is 34.1 Å². The lowest BCUT2D eigenvalue weighted by Crippen LogP contribution is -2.46. The van der Waals surface area contributed by atoms with Gasteiger partial charge in [0.2, 0.25) is 0 Å². The Morgan fingerprint density at radius 3 is 2.70 bits per heavy atom.